The molecule has 0 bridgehead atoms. The number of nitrogens with zero attached hydrogens (tertiary/aromatic N) is 1. The summed E-state index contributed by atoms with van der Waals surface area (Å²) in [5.41, 5.74) is 1.33. The van der Waals surface area contributed by atoms with Gasteiger partial charge in [-0.2, -0.15) is 0 Å². The van der Waals surface area contributed by atoms with Gasteiger partial charge in [0.1, 0.15) is 0 Å². The van der Waals surface area contributed by atoms with Crippen molar-refractivity contribution in [3.05, 3.63) is 12.3 Å². The molecule has 0 unspecified atom stereocenters. The first-order chi connectivity index (χ1) is 5.61. The Morgan fingerprint density at radius 1 is 1.50 bits per heavy atom. The standard InChI is InChI=1S/C11H21N/c1-9(2)5-6-10(3)12(4)11-7-8-11/h9,11H,3,5-8H2,1-2,4H3. The highest BCUT2D eigenvalue weighted by Crippen LogP contribution is 2.29. The van der Waals surface area contributed by atoms with Gasteiger partial charge in [0.05, 0.1) is 0 Å². The lowest BCUT2D eigenvalue weighted by atomic mass is 10.1. The van der Waals surface area contributed by atoms with Crippen LogP contribution in [0.3, 0.4) is 0 Å². The van der Waals surface area contributed by atoms with Crippen molar-refractivity contribution in [1.29, 1.82) is 0 Å². The van der Waals surface area contributed by atoms with Gasteiger partial charge in [0.2, 0.25) is 0 Å². The lowest BCUT2D eigenvalue weighted by Gasteiger charge is -2.21. The highest BCUT2D eigenvalue weighted by molar-refractivity contribution is 4.99. The third-order valence-corrected chi connectivity index (χ3v) is 2.60. The fraction of sp³-hybridized carbons (Fsp3) is 0.818. The minimum atomic E-state index is 0.800. The van der Waals surface area contributed by atoms with E-state index in [-0.39, 0.29) is 0 Å². The van der Waals surface area contributed by atoms with Crippen molar-refractivity contribution in [2.45, 2.75) is 45.6 Å². The predicted octanol–water partition coefficient (Wildman–Crippen LogP) is 3.03. The van der Waals surface area contributed by atoms with Crippen LogP contribution in [0.1, 0.15) is 39.5 Å². The van der Waals surface area contributed by atoms with E-state index in [2.05, 4.69) is 32.4 Å². The van der Waals surface area contributed by atoms with Gasteiger partial charge in [-0.3, -0.25) is 0 Å². The molecule has 1 aliphatic rings. The Kier molecular flexibility index (Phi) is 3.19. The second kappa shape index (κ2) is 3.97. The van der Waals surface area contributed by atoms with E-state index >= 15 is 0 Å². The molecule has 70 valence electrons. The van der Waals surface area contributed by atoms with Crippen LogP contribution >= 0.6 is 0 Å². The number of hydrogen-bond acceptors (Lipinski definition) is 1. The van der Waals surface area contributed by atoms with Crippen molar-refractivity contribution in [3.63, 3.8) is 0 Å². The topological polar surface area (TPSA) is 3.24 Å². The Labute approximate surface area is 76.5 Å². The molecule has 0 amide bonds. The summed E-state index contributed by atoms with van der Waals surface area (Å²) in [7, 11) is 2.18. The molecule has 0 aromatic rings. The molecule has 1 nitrogen and oxygen atoms in total. The van der Waals surface area contributed by atoms with E-state index in [0.29, 0.717) is 0 Å². The van der Waals surface area contributed by atoms with Crippen LogP contribution in [-0.2, 0) is 0 Å². The smallest absolute Gasteiger partial charge is 0.0285 e. The van der Waals surface area contributed by atoms with E-state index in [1.165, 1.54) is 31.4 Å². The van der Waals surface area contributed by atoms with E-state index < -0.39 is 0 Å². The molecule has 0 heterocycles. The summed E-state index contributed by atoms with van der Waals surface area (Å²) in [6.45, 7) is 8.65. The van der Waals surface area contributed by atoms with Crippen LogP contribution in [0.4, 0.5) is 0 Å². The Hall–Kier alpha value is -0.460. The summed E-state index contributed by atoms with van der Waals surface area (Å²) in [5, 5.41) is 0. The van der Waals surface area contributed by atoms with Gasteiger partial charge >= 0.3 is 0 Å². The van der Waals surface area contributed by atoms with Crippen LogP contribution in [0, 0.1) is 5.92 Å². The zero-order valence-electron chi connectivity index (χ0n) is 8.64. The summed E-state index contributed by atoms with van der Waals surface area (Å²) < 4.78 is 0. The fourth-order valence-corrected chi connectivity index (χ4v) is 1.35. The molecule has 1 fully saturated rings. The second-order valence-electron chi connectivity index (χ2n) is 4.34. The molecule has 0 aromatic carbocycles. The second-order valence-corrected chi connectivity index (χ2v) is 4.34. The lowest BCUT2D eigenvalue weighted by Crippen LogP contribution is -2.19. The largest absolute Gasteiger partial charge is 0.375 e. The van der Waals surface area contributed by atoms with Gasteiger partial charge < -0.3 is 4.90 Å². The Balaban J connectivity index is 2.17. The molecule has 1 heteroatoms. The summed E-state index contributed by atoms with van der Waals surface area (Å²) >= 11 is 0. The fourth-order valence-electron chi connectivity index (χ4n) is 1.35. The molecule has 12 heavy (non-hydrogen) atoms. The molecule has 1 aliphatic carbocycles. The maximum absolute atomic E-state index is 4.11. The summed E-state index contributed by atoms with van der Waals surface area (Å²) in [6, 6.07) is 0.824. The molecular formula is C11H21N. The molecule has 0 aliphatic heterocycles. The van der Waals surface area contributed by atoms with E-state index in [0.717, 1.165) is 12.0 Å². The monoisotopic (exact) mass is 167 g/mol. The molecule has 0 spiro atoms. The van der Waals surface area contributed by atoms with Crippen molar-refractivity contribution in [2.75, 3.05) is 7.05 Å². The number of allylic oxidation sites excluding steroid dienone is 1. The van der Waals surface area contributed by atoms with Crippen LogP contribution in [0.25, 0.3) is 0 Å². The average Bonchev–Trinajstić information content (AvgIpc) is 2.80. The van der Waals surface area contributed by atoms with Crippen LogP contribution in [0.5, 0.6) is 0 Å². The molecule has 1 rings (SSSR count). The van der Waals surface area contributed by atoms with Crippen LogP contribution in [0.15, 0.2) is 12.3 Å². The third-order valence-electron chi connectivity index (χ3n) is 2.60. The van der Waals surface area contributed by atoms with Gasteiger partial charge in [-0.1, -0.05) is 20.4 Å². The number of rotatable bonds is 5. The minimum absolute atomic E-state index is 0.800. The van der Waals surface area contributed by atoms with E-state index in [1.807, 2.05) is 0 Å². The zero-order valence-corrected chi connectivity index (χ0v) is 8.64. The van der Waals surface area contributed by atoms with Crippen LogP contribution in [0.2, 0.25) is 0 Å². The van der Waals surface area contributed by atoms with Gasteiger partial charge in [-0.15, -0.1) is 0 Å². The first-order valence-corrected chi connectivity index (χ1v) is 5.02. The van der Waals surface area contributed by atoms with Crippen LogP contribution in [-0.4, -0.2) is 18.0 Å². The third kappa shape index (κ3) is 2.88. The maximum Gasteiger partial charge on any atom is 0.0285 e. The lowest BCUT2D eigenvalue weighted by molar-refractivity contribution is 0.381. The van der Waals surface area contributed by atoms with Gasteiger partial charge in [0.15, 0.2) is 0 Å². The zero-order chi connectivity index (χ0) is 9.14. The molecule has 0 atom stereocenters. The summed E-state index contributed by atoms with van der Waals surface area (Å²) in [5.74, 6) is 0.800. The molecule has 0 saturated heterocycles. The Bertz CT molecular complexity index is 156. The normalized spacial score (nSPS) is 16.7. The molecule has 0 radical (unpaired) electrons. The van der Waals surface area contributed by atoms with Crippen molar-refractivity contribution < 1.29 is 0 Å². The van der Waals surface area contributed by atoms with Gasteiger partial charge in [0, 0.05) is 18.8 Å². The van der Waals surface area contributed by atoms with Crippen molar-refractivity contribution >= 4 is 0 Å². The van der Waals surface area contributed by atoms with Gasteiger partial charge in [-0.05, 0) is 31.6 Å². The Morgan fingerprint density at radius 2 is 2.08 bits per heavy atom. The highest BCUT2D eigenvalue weighted by Gasteiger charge is 2.26. The minimum Gasteiger partial charge on any atom is -0.375 e. The van der Waals surface area contributed by atoms with E-state index in [1.54, 1.807) is 0 Å². The number of hydrogen-bond donors (Lipinski definition) is 0. The van der Waals surface area contributed by atoms with Crippen molar-refractivity contribution in [1.82, 2.24) is 4.90 Å². The SMILES string of the molecule is C=C(CCC(C)C)N(C)C1CC1. The highest BCUT2D eigenvalue weighted by atomic mass is 15.2. The van der Waals surface area contributed by atoms with Gasteiger partial charge in [-0.25, -0.2) is 0 Å². The first-order valence-electron chi connectivity index (χ1n) is 5.02. The quantitative estimate of drug-likeness (QED) is 0.608. The van der Waals surface area contributed by atoms with Gasteiger partial charge in [0.25, 0.3) is 0 Å². The maximum atomic E-state index is 4.11. The Morgan fingerprint density at radius 3 is 2.50 bits per heavy atom. The molecule has 1 saturated carbocycles. The molecular weight excluding hydrogens is 146 g/mol. The van der Waals surface area contributed by atoms with E-state index in [4.69, 9.17) is 0 Å². The predicted molar refractivity (Wildman–Crippen MR) is 54.0 cm³/mol. The van der Waals surface area contributed by atoms with Crippen LogP contribution < -0.4 is 0 Å². The van der Waals surface area contributed by atoms with Crippen molar-refractivity contribution in [2.24, 2.45) is 5.92 Å². The molecule has 0 aromatic heterocycles. The molecule has 0 N–H and O–H groups in total. The first kappa shape index (κ1) is 9.63. The van der Waals surface area contributed by atoms with Crippen molar-refractivity contribution in [3.8, 4) is 0 Å². The average molecular weight is 167 g/mol. The summed E-state index contributed by atoms with van der Waals surface area (Å²) in [6.07, 6.45) is 5.19. The van der Waals surface area contributed by atoms with E-state index in [9.17, 15) is 0 Å². The summed E-state index contributed by atoms with van der Waals surface area (Å²) in [4.78, 5) is 2.36.